The molecule has 0 spiro atoms. The molecular formula is C17H23N3O2. The van der Waals surface area contributed by atoms with Crippen molar-refractivity contribution >= 4 is 5.91 Å². The highest BCUT2D eigenvalue weighted by Crippen LogP contribution is 2.16. The molecule has 0 aliphatic carbocycles. The van der Waals surface area contributed by atoms with Crippen LogP contribution in [-0.2, 0) is 24.2 Å². The minimum atomic E-state index is -0.0984. The normalized spacial score (nSPS) is 10.7. The Labute approximate surface area is 131 Å². The molecule has 1 heterocycles. The number of phenolic OH excluding ortho intramolecular Hbond substituents is 1. The van der Waals surface area contributed by atoms with E-state index in [1.807, 2.05) is 17.7 Å². The lowest BCUT2D eigenvalue weighted by molar-refractivity contribution is -0.120. The van der Waals surface area contributed by atoms with Crippen molar-refractivity contribution in [3.63, 3.8) is 0 Å². The second kappa shape index (κ2) is 7.11. The Balaban J connectivity index is 1.86. The van der Waals surface area contributed by atoms with Gasteiger partial charge in [-0.1, -0.05) is 25.1 Å². The zero-order valence-corrected chi connectivity index (χ0v) is 13.4. The highest BCUT2D eigenvalue weighted by molar-refractivity contribution is 5.79. The summed E-state index contributed by atoms with van der Waals surface area (Å²) in [6.07, 6.45) is 1.15. The van der Waals surface area contributed by atoms with E-state index in [2.05, 4.69) is 24.3 Å². The van der Waals surface area contributed by atoms with E-state index < -0.39 is 0 Å². The van der Waals surface area contributed by atoms with Gasteiger partial charge in [-0.25, -0.2) is 0 Å². The first-order valence-electron chi connectivity index (χ1n) is 7.59. The Morgan fingerprint density at radius 1 is 1.32 bits per heavy atom. The number of nitrogens with zero attached hydrogens (tertiary/aromatic N) is 2. The molecule has 2 N–H and O–H groups in total. The van der Waals surface area contributed by atoms with Crippen LogP contribution >= 0.6 is 0 Å². The monoisotopic (exact) mass is 301 g/mol. The van der Waals surface area contributed by atoms with Crippen molar-refractivity contribution in [3.05, 3.63) is 46.8 Å². The third-order valence-corrected chi connectivity index (χ3v) is 3.87. The van der Waals surface area contributed by atoms with E-state index in [4.69, 9.17) is 0 Å². The van der Waals surface area contributed by atoms with E-state index in [9.17, 15) is 9.90 Å². The molecule has 5 nitrogen and oxygen atoms in total. The number of hydrogen-bond acceptors (Lipinski definition) is 3. The number of para-hydroxylation sites is 1. The first-order valence-corrected chi connectivity index (χ1v) is 7.59. The van der Waals surface area contributed by atoms with E-state index >= 15 is 0 Å². The van der Waals surface area contributed by atoms with Crippen molar-refractivity contribution in [2.24, 2.45) is 0 Å². The molecule has 1 aromatic heterocycles. The van der Waals surface area contributed by atoms with Crippen molar-refractivity contribution < 1.29 is 9.90 Å². The van der Waals surface area contributed by atoms with Crippen LogP contribution in [0.1, 0.15) is 29.4 Å². The standard InChI is InChI=1S/C17H23N3O2/c1-4-15-12(2)19-20(13(15)3)10-9-18-17(22)11-14-7-5-6-8-16(14)21/h5-8,21H,4,9-11H2,1-3H3,(H,18,22). The molecule has 0 saturated carbocycles. The lowest BCUT2D eigenvalue weighted by Gasteiger charge is -2.08. The molecule has 2 rings (SSSR count). The SMILES string of the molecule is CCc1c(C)nn(CCNC(=O)Cc2ccccc2O)c1C. The van der Waals surface area contributed by atoms with Gasteiger partial charge in [0.2, 0.25) is 5.91 Å². The van der Waals surface area contributed by atoms with Gasteiger partial charge in [0.05, 0.1) is 18.7 Å². The number of carbonyl (C=O) groups is 1. The molecule has 0 unspecified atom stereocenters. The van der Waals surface area contributed by atoms with Crippen LogP contribution in [0.2, 0.25) is 0 Å². The van der Waals surface area contributed by atoms with E-state index in [1.54, 1.807) is 18.2 Å². The van der Waals surface area contributed by atoms with E-state index in [0.717, 1.165) is 17.8 Å². The lowest BCUT2D eigenvalue weighted by atomic mass is 10.1. The van der Waals surface area contributed by atoms with Crippen molar-refractivity contribution in [2.75, 3.05) is 6.54 Å². The number of carbonyl (C=O) groups excluding carboxylic acids is 1. The van der Waals surface area contributed by atoms with Gasteiger partial charge in [-0.05, 0) is 31.9 Å². The number of aromatic hydroxyl groups is 1. The molecule has 2 aromatic rings. The molecule has 0 aliphatic heterocycles. The Bertz CT molecular complexity index is 662. The average molecular weight is 301 g/mol. The number of nitrogens with one attached hydrogen (secondary N) is 1. The third kappa shape index (κ3) is 3.67. The third-order valence-electron chi connectivity index (χ3n) is 3.87. The molecule has 0 aliphatic rings. The van der Waals surface area contributed by atoms with Crippen molar-refractivity contribution in [1.82, 2.24) is 15.1 Å². The van der Waals surface area contributed by atoms with Crippen LogP contribution in [0.4, 0.5) is 0 Å². The number of rotatable bonds is 6. The molecule has 0 atom stereocenters. The quantitative estimate of drug-likeness (QED) is 0.859. The Hall–Kier alpha value is -2.30. The predicted molar refractivity (Wildman–Crippen MR) is 85.9 cm³/mol. The van der Waals surface area contributed by atoms with Gasteiger partial charge in [-0.15, -0.1) is 0 Å². The topological polar surface area (TPSA) is 67.2 Å². The zero-order chi connectivity index (χ0) is 16.1. The molecule has 1 aromatic carbocycles. The number of aryl methyl sites for hydroxylation is 1. The van der Waals surface area contributed by atoms with Crippen molar-refractivity contribution in [3.8, 4) is 5.75 Å². The van der Waals surface area contributed by atoms with Crippen molar-refractivity contribution in [2.45, 2.75) is 40.2 Å². The van der Waals surface area contributed by atoms with Gasteiger partial charge < -0.3 is 10.4 Å². The predicted octanol–water partition coefficient (Wildman–Crippen LogP) is 2.13. The maximum absolute atomic E-state index is 11.9. The van der Waals surface area contributed by atoms with Crippen LogP contribution in [-0.4, -0.2) is 27.3 Å². The summed E-state index contributed by atoms with van der Waals surface area (Å²) in [5, 5.41) is 17.0. The summed E-state index contributed by atoms with van der Waals surface area (Å²) in [6.45, 7) is 7.37. The number of hydrogen-bond donors (Lipinski definition) is 2. The van der Waals surface area contributed by atoms with Gasteiger partial charge in [0.15, 0.2) is 0 Å². The second-order valence-electron chi connectivity index (χ2n) is 5.38. The molecule has 0 radical (unpaired) electrons. The van der Waals surface area contributed by atoms with Crippen LogP contribution in [0.5, 0.6) is 5.75 Å². The number of amides is 1. The van der Waals surface area contributed by atoms with Gasteiger partial charge in [0.25, 0.3) is 0 Å². The maximum atomic E-state index is 11.9. The van der Waals surface area contributed by atoms with Crippen LogP contribution in [0.25, 0.3) is 0 Å². The van der Waals surface area contributed by atoms with E-state index in [0.29, 0.717) is 18.7 Å². The summed E-state index contributed by atoms with van der Waals surface area (Å²) in [7, 11) is 0. The molecule has 22 heavy (non-hydrogen) atoms. The van der Waals surface area contributed by atoms with Crippen LogP contribution < -0.4 is 5.32 Å². The summed E-state index contributed by atoms with van der Waals surface area (Å²) in [5.41, 5.74) is 4.13. The molecule has 0 fully saturated rings. The first-order chi connectivity index (χ1) is 10.5. The molecule has 0 bridgehead atoms. The molecule has 0 saturated heterocycles. The number of aromatic nitrogens is 2. The fraction of sp³-hybridized carbons (Fsp3) is 0.412. The highest BCUT2D eigenvalue weighted by atomic mass is 16.3. The molecular weight excluding hydrogens is 278 g/mol. The highest BCUT2D eigenvalue weighted by Gasteiger charge is 2.10. The number of benzene rings is 1. The fourth-order valence-corrected chi connectivity index (χ4v) is 2.66. The largest absolute Gasteiger partial charge is 0.508 e. The summed E-state index contributed by atoms with van der Waals surface area (Å²) < 4.78 is 1.94. The van der Waals surface area contributed by atoms with Gasteiger partial charge in [-0.2, -0.15) is 5.10 Å². The molecule has 118 valence electrons. The summed E-state index contributed by atoms with van der Waals surface area (Å²) in [6, 6.07) is 6.89. The van der Waals surface area contributed by atoms with Gasteiger partial charge >= 0.3 is 0 Å². The summed E-state index contributed by atoms with van der Waals surface area (Å²) in [4.78, 5) is 11.9. The van der Waals surface area contributed by atoms with Crippen molar-refractivity contribution in [1.29, 1.82) is 0 Å². The summed E-state index contributed by atoms with van der Waals surface area (Å²) in [5.74, 6) is 0.0579. The minimum absolute atomic E-state index is 0.0984. The van der Waals surface area contributed by atoms with Crippen LogP contribution in [0.15, 0.2) is 24.3 Å². The zero-order valence-electron chi connectivity index (χ0n) is 13.4. The Kier molecular flexibility index (Phi) is 5.20. The van der Waals surface area contributed by atoms with Gasteiger partial charge in [-0.3, -0.25) is 9.48 Å². The summed E-state index contributed by atoms with van der Waals surface area (Å²) >= 11 is 0. The van der Waals surface area contributed by atoms with Gasteiger partial charge in [0, 0.05) is 17.8 Å². The molecule has 5 heteroatoms. The van der Waals surface area contributed by atoms with E-state index in [1.165, 1.54) is 5.56 Å². The minimum Gasteiger partial charge on any atom is -0.508 e. The Morgan fingerprint density at radius 2 is 2.05 bits per heavy atom. The number of phenols is 1. The maximum Gasteiger partial charge on any atom is 0.224 e. The first kappa shape index (κ1) is 16.1. The molecule has 1 amide bonds. The smallest absolute Gasteiger partial charge is 0.224 e. The fourth-order valence-electron chi connectivity index (χ4n) is 2.66. The second-order valence-corrected chi connectivity index (χ2v) is 5.38. The van der Waals surface area contributed by atoms with Gasteiger partial charge in [0.1, 0.15) is 5.75 Å². The van der Waals surface area contributed by atoms with Crippen LogP contribution in [0.3, 0.4) is 0 Å². The van der Waals surface area contributed by atoms with Crippen LogP contribution in [0, 0.1) is 13.8 Å². The average Bonchev–Trinajstić information content (AvgIpc) is 2.75. The lowest BCUT2D eigenvalue weighted by Crippen LogP contribution is -2.29. The Morgan fingerprint density at radius 3 is 2.68 bits per heavy atom. The van der Waals surface area contributed by atoms with E-state index in [-0.39, 0.29) is 18.1 Å².